The fourth-order valence-electron chi connectivity index (χ4n) is 1.96. The van der Waals surface area contributed by atoms with Gasteiger partial charge in [-0.2, -0.15) is 0 Å². The molecular weight excluding hydrogens is 210 g/mol. The standard InChI is InChI=1S/C15H25NO/c1-13-7-8-15(11-14(13)2)12-16(3)9-5-4-6-10-17/h7-8,11,17H,4-6,9-10,12H2,1-3H3. The maximum Gasteiger partial charge on any atom is 0.0431 e. The molecule has 0 amide bonds. The van der Waals surface area contributed by atoms with E-state index in [0.717, 1.165) is 25.9 Å². The molecule has 0 bridgehead atoms. The molecule has 0 saturated heterocycles. The second-order valence-electron chi connectivity index (χ2n) is 4.94. The van der Waals surface area contributed by atoms with Crippen LogP contribution >= 0.6 is 0 Å². The number of unbranched alkanes of at least 4 members (excludes halogenated alkanes) is 2. The van der Waals surface area contributed by atoms with Crippen LogP contribution in [0.4, 0.5) is 0 Å². The molecule has 1 aromatic carbocycles. The third-order valence-corrected chi connectivity index (χ3v) is 3.22. The fourth-order valence-corrected chi connectivity index (χ4v) is 1.96. The Labute approximate surface area is 105 Å². The summed E-state index contributed by atoms with van der Waals surface area (Å²) in [6.07, 6.45) is 3.22. The van der Waals surface area contributed by atoms with E-state index in [2.05, 4.69) is 44.0 Å². The molecule has 0 saturated carbocycles. The third kappa shape index (κ3) is 5.33. The largest absolute Gasteiger partial charge is 0.396 e. The van der Waals surface area contributed by atoms with Gasteiger partial charge in [-0.25, -0.2) is 0 Å². The lowest BCUT2D eigenvalue weighted by Gasteiger charge is -2.17. The number of aliphatic hydroxyl groups excluding tert-OH is 1. The second-order valence-corrected chi connectivity index (χ2v) is 4.94. The molecule has 0 aromatic heterocycles. The van der Waals surface area contributed by atoms with Crippen molar-refractivity contribution < 1.29 is 5.11 Å². The maximum atomic E-state index is 8.71. The fraction of sp³-hybridized carbons (Fsp3) is 0.600. The van der Waals surface area contributed by atoms with E-state index < -0.39 is 0 Å². The van der Waals surface area contributed by atoms with Gasteiger partial charge in [0.25, 0.3) is 0 Å². The van der Waals surface area contributed by atoms with E-state index in [-0.39, 0.29) is 0 Å². The molecule has 0 radical (unpaired) electrons. The number of aliphatic hydroxyl groups is 1. The molecule has 2 heteroatoms. The van der Waals surface area contributed by atoms with E-state index in [4.69, 9.17) is 5.11 Å². The normalized spacial score (nSPS) is 11.1. The van der Waals surface area contributed by atoms with Crippen LogP contribution in [-0.2, 0) is 6.54 Å². The summed E-state index contributed by atoms with van der Waals surface area (Å²) in [6, 6.07) is 6.69. The predicted octanol–water partition coefficient (Wildman–Crippen LogP) is 2.90. The van der Waals surface area contributed by atoms with Gasteiger partial charge in [-0.15, -0.1) is 0 Å². The summed E-state index contributed by atoms with van der Waals surface area (Å²) in [4.78, 5) is 2.35. The Morgan fingerprint density at radius 3 is 2.47 bits per heavy atom. The van der Waals surface area contributed by atoms with Gasteiger partial charge >= 0.3 is 0 Å². The summed E-state index contributed by atoms with van der Waals surface area (Å²) < 4.78 is 0. The van der Waals surface area contributed by atoms with Crippen LogP contribution in [-0.4, -0.2) is 30.2 Å². The van der Waals surface area contributed by atoms with E-state index in [0.29, 0.717) is 6.61 Å². The van der Waals surface area contributed by atoms with Gasteiger partial charge in [-0.3, -0.25) is 0 Å². The van der Waals surface area contributed by atoms with Gasteiger partial charge in [-0.05, 0) is 63.4 Å². The van der Waals surface area contributed by atoms with Gasteiger partial charge in [0.15, 0.2) is 0 Å². The highest BCUT2D eigenvalue weighted by atomic mass is 16.2. The molecule has 0 aliphatic rings. The molecule has 0 atom stereocenters. The van der Waals surface area contributed by atoms with Gasteiger partial charge in [0, 0.05) is 13.2 Å². The zero-order valence-corrected chi connectivity index (χ0v) is 11.4. The summed E-state index contributed by atoms with van der Waals surface area (Å²) in [7, 11) is 2.16. The van der Waals surface area contributed by atoms with Gasteiger partial charge in [-0.1, -0.05) is 18.2 Å². The first-order valence-electron chi connectivity index (χ1n) is 6.49. The quantitative estimate of drug-likeness (QED) is 0.735. The third-order valence-electron chi connectivity index (χ3n) is 3.22. The first-order valence-corrected chi connectivity index (χ1v) is 6.49. The van der Waals surface area contributed by atoms with E-state index in [1.165, 1.54) is 23.1 Å². The van der Waals surface area contributed by atoms with Crippen LogP contribution in [0.25, 0.3) is 0 Å². The van der Waals surface area contributed by atoms with Crippen LogP contribution < -0.4 is 0 Å². The number of nitrogens with zero attached hydrogens (tertiary/aromatic N) is 1. The van der Waals surface area contributed by atoms with Crippen molar-refractivity contribution in [2.24, 2.45) is 0 Å². The van der Waals surface area contributed by atoms with Crippen LogP contribution in [0.3, 0.4) is 0 Å². The molecule has 1 aromatic rings. The molecule has 96 valence electrons. The zero-order valence-electron chi connectivity index (χ0n) is 11.4. The monoisotopic (exact) mass is 235 g/mol. The minimum atomic E-state index is 0.320. The van der Waals surface area contributed by atoms with Crippen molar-refractivity contribution in [3.05, 3.63) is 34.9 Å². The molecule has 0 spiro atoms. The van der Waals surface area contributed by atoms with Gasteiger partial charge in [0.05, 0.1) is 0 Å². The van der Waals surface area contributed by atoms with Crippen LogP contribution in [0, 0.1) is 13.8 Å². The van der Waals surface area contributed by atoms with Crippen LogP contribution in [0.1, 0.15) is 36.0 Å². The Morgan fingerprint density at radius 2 is 1.82 bits per heavy atom. The highest BCUT2D eigenvalue weighted by Gasteiger charge is 2.01. The molecule has 1 rings (SSSR count). The SMILES string of the molecule is Cc1ccc(CN(C)CCCCCO)cc1C. The molecule has 0 aliphatic carbocycles. The van der Waals surface area contributed by atoms with Crippen molar-refractivity contribution in [1.82, 2.24) is 4.90 Å². The van der Waals surface area contributed by atoms with Crippen molar-refractivity contribution in [3.8, 4) is 0 Å². The summed E-state index contributed by atoms with van der Waals surface area (Å²) in [5.74, 6) is 0. The first kappa shape index (κ1) is 14.2. The molecule has 0 fully saturated rings. The lowest BCUT2D eigenvalue weighted by Crippen LogP contribution is -2.19. The van der Waals surface area contributed by atoms with Crippen LogP contribution in [0.2, 0.25) is 0 Å². The smallest absolute Gasteiger partial charge is 0.0431 e. The summed E-state index contributed by atoms with van der Waals surface area (Å²) in [6.45, 7) is 6.76. The Bertz CT molecular complexity index is 336. The maximum absolute atomic E-state index is 8.71. The van der Waals surface area contributed by atoms with Crippen molar-refractivity contribution >= 4 is 0 Å². The van der Waals surface area contributed by atoms with Gasteiger partial charge in [0.2, 0.25) is 0 Å². The predicted molar refractivity (Wildman–Crippen MR) is 73.2 cm³/mol. The van der Waals surface area contributed by atoms with Crippen molar-refractivity contribution in [2.45, 2.75) is 39.7 Å². The Balaban J connectivity index is 2.34. The zero-order chi connectivity index (χ0) is 12.7. The molecule has 1 N–H and O–H groups in total. The Morgan fingerprint density at radius 1 is 1.06 bits per heavy atom. The van der Waals surface area contributed by atoms with Crippen LogP contribution in [0.5, 0.6) is 0 Å². The van der Waals surface area contributed by atoms with Gasteiger partial charge in [0.1, 0.15) is 0 Å². The molecule has 2 nitrogen and oxygen atoms in total. The number of rotatable bonds is 7. The summed E-state index contributed by atoms with van der Waals surface area (Å²) in [5.41, 5.74) is 4.12. The topological polar surface area (TPSA) is 23.5 Å². The average Bonchev–Trinajstić information content (AvgIpc) is 2.30. The lowest BCUT2D eigenvalue weighted by molar-refractivity contribution is 0.271. The van der Waals surface area contributed by atoms with Crippen molar-refractivity contribution in [2.75, 3.05) is 20.2 Å². The highest BCUT2D eigenvalue weighted by Crippen LogP contribution is 2.11. The first-order chi connectivity index (χ1) is 8.13. The van der Waals surface area contributed by atoms with E-state index in [1.807, 2.05) is 0 Å². The highest BCUT2D eigenvalue weighted by molar-refractivity contribution is 5.29. The number of hydrogen-bond acceptors (Lipinski definition) is 2. The molecule has 0 heterocycles. The number of aryl methyl sites for hydroxylation is 2. The summed E-state index contributed by atoms with van der Waals surface area (Å²) in [5, 5.41) is 8.71. The van der Waals surface area contributed by atoms with Crippen molar-refractivity contribution in [1.29, 1.82) is 0 Å². The molecule has 0 aliphatic heterocycles. The van der Waals surface area contributed by atoms with E-state index in [9.17, 15) is 0 Å². The molecule has 17 heavy (non-hydrogen) atoms. The minimum absolute atomic E-state index is 0.320. The van der Waals surface area contributed by atoms with Gasteiger partial charge < -0.3 is 10.0 Å². The lowest BCUT2D eigenvalue weighted by atomic mass is 10.1. The van der Waals surface area contributed by atoms with E-state index >= 15 is 0 Å². The Kier molecular flexibility index (Phi) is 6.23. The van der Waals surface area contributed by atoms with E-state index in [1.54, 1.807) is 0 Å². The second kappa shape index (κ2) is 7.46. The number of benzene rings is 1. The minimum Gasteiger partial charge on any atom is -0.396 e. The molecular formula is C15H25NO. The van der Waals surface area contributed by atoms with Crippen LogP contribution in [0.15, 0.2) is 18.2 Å². The Hall–Kier alpha value is -0.860. The summed E-state index contributed by atoms with van der Waals surface area (Å²) >= 11 is 0. The molecule has 0 unspecified atom stereocenters. The van der Waals surface area contributed by atoms with Crippen molar-refractivity contribution in [3.63, 3.8) is 0 Å². The average molecular weight is 235 g/mol. The number of hydrogen-bond donors (Lipinski definition) is 1.